The predicted molar refractivity (Wildman–Crippen MR) is 75.9 cm³/mol. The Kier molecular flexibility index (Phi) is 4.33. The molecule has 0 fully saturated rings. The first-order valence-electron chi connectivity index (χ1n) is 5.98. The van der Waals surface area contributed by atoms with E-state index in [0.29, 0.717) is 0 Å². The summed E-state index contributed by atoms with van der Waals surface area (Å²) in [6.07, 6.45) is 1.07. The number of nitrogens with zero attached hydrogens (tertiary/aromatic N) is 2. The third kappa shape index (κ3) is 3.57. The van der Waals surface area contributed by atoms with Gasteiger partial charge < -0.3 is 15.1 Å². The van der Waals surface area contributed by atoms with Crippen molar-refractivity contribution in [3.05, 3.63) is 63.7 Å². The normalized spacial score (nSPS) is 10.5. The number of rotatable bonds is 4. The molecule has 22 heavy (non-hydrogen) atoms. The second-order valence-corrected chi connectivity index (χ2v) is 4.16. The fourth-order valence-electron chi connectivity index (χ4n) is 1.57. The predicted octanol–water partition coefficient (Wildman–Crippen LogP) is 2.20. The number of phenolic OH excluding ortho intramolecular Hbond substituents is 2. The van der Waals surface area contributed by atoms with E-state index in [1.165, 1.54) is 30.3 Å². The third-order valence-electron chi connectivity index (χ3n) is 2.63. The quantitative estimate of drug-likeness (QED) is 0.386. The van der Waals surface area contributed by atoms with Crippen LogP contribution in [0.25, 0.3) is 0 Å². The molecule has 0 heterocycles. The van der Waals surface area contributed by atoms with Crippen LogP contribution in [0.1, 0.15) is 15.9 Å². The lowest BCUT2D eigenvalue weighted by Gasteiger charge is -2.00. The fourth-order valence-corrected chi connectivity index (χ4v) is 1.57. The summed E-state index contributed by atoms with van der Waals surface area (Å²) in [4.78, 5) is 26.3. The van der Waals surface area contributed by atoms with Gasteiger partial charge in [0.25, 0.3) is 5.69 Å². The Bertz CT molecular complexity index is 757. The highest BCUT2D eigenvalue weighted by Gasteiger charge is 2.12. The number of hydrogen-bond donors (Lipinski definition) is 2. The van der Waals surface area contributed by atoms with Gasteiger partial charge in [-0.05, 0) is 18.2 Å². The molecule has 0 aliphatic rings. The van der Waals surface area contributed by atoms with Crippen LogP contribution in [-0.2, 0) is 4.84 Å². The molecule has 0 atom stereocenters. The van der Waals surface area contributed by atoms with Crippen molar-refractivity contribution in [2.45, 2.75) is 0 Å². The second-order valence-electron chi connectivity index (χ2n) is 4.16. The van der Waals surface area contributed by atoms with E-state index >= 15 is 0 Å². The molecule has 8 heteroatoms. The van der Waals surface area contributed by atoms with Crippen LogP contribution in [0.4, 0.5) is 5.69 Å². The van der Waals surface area contributed by atoms with Gasteiger partial charge in [-0.25, -0.2) is 4.79 Å². The van der Waals surface area contributed by atoms with Crippen LogP contribution in [0.5, 0.6) is 11.5 Å². The minimum Gasteiger partial charge on any atom is -0.508 e. The number of nitro benzene ring substituents is 1. The number of carbonyl (C=O) groups is 1. The van der Waals surface area contributed by atoms with Gasteiger partial charge in [-0.2, -0.15) is 0 Å². The van der Waals surface area contributed by atoms with Crippen molar-refractivity contribution in [2.24, 2.45) is 5.16 Å². The SMILES string of the molecule is O=C(ON=Cc1ccc(O)cc1O)c1cccc([N+](=O)[O-])c1. The highest BCUT2D eigenvalue weighted by molar-refractivity contribution is 5.91. The van der Waals surface area contributed by atoms with Crippen molar-refractivity contribution in [3.63, 3.8) is 0 Å². The lowest BCUT2D eigenvalue weighted by molar-refractivity contribution is -0.384. The van der Waals surface area contributed by atoms with Crippen molar-refractivity contribution in [2.75, 3.05) is 0 Å². The van der Waals surface area contributed by atoms with E-state index in [9.17, 15) is 20.0 Å². The Morgan fingerprint density at radius 3 is 2.68 bits per heavy atom. The summed E-state index contributed by atoms with van der Waals surface area (Å²) in [5.74, 6) is -1.24. The fraction of sp³-hybridized carbons (Fsp3) is 0. The molecule has 0 amide bonds. The van der Waals surface area contributed by atoms with E-state index in [2.05, 4.69) is 9.99 Å². The molecule has 2 aromatic carbocycles. The van der Waals surface area contributed by atoms with Crippen LogP contribution in [0.15, 0.2) is 47.6 Å². The zero-order valence-electron chi connectivity index (χ0n) is 11.0. The molecule has 2 rings (SSSR count). The second kappa shape index (κ2) is 6.35. The Morgan fingerprint density at radius 2 is 2.00 bits per heavy atom. The molecule has 0 spiro atoms. The number of oxime groups is 1. The molecule has 0 saturated heterocycles. The Labute approximate surface area is 124 Å². The highest BCUT2D eigenvalue weighted by Crippen LogP contribution is 2.21. The van der Waals surface area contributed by atoms with Crippen LogP contribution in [0, 0.1) is 10.1 Å². The highest BCUT2D eigenvalue weighted by atomic mass is 16.7. The van der Waals surface area contributed by atoms with Crippen LogP contribution in [-0.4, -0.2) is 27.3 Å². The monoisotopic (exact) mass is 302 g/mol. The van der Waals surface area contributed by atoms with Gasteiger partial charge >= 0.3 is 5.97 Å². The lowest BCUT2D eigenvalue weighted by atomic mass is 10.2. The molecule has 2 aromatic rings. The van der Waals surface area contributed by atoms with Gasteiger partial charge in [0.05, 0.1) is 16.7 Å². The molecule has 112 valence electrons. The molecule has 0 saturated carbocycles. The van der Waals surface area contributed by atoms with E-state index in [0.717, 1.165) is 18.3 Å². The maximum absolute atomic E-state index is 11.7. The van der Waals surface area contributed by atoms with Crippen LogP contribution >= 0.6 is 0 Å². The average Bonchev–Trinajstić information content (AvgIpc) is 2.49. The van der Waals surface area contributed by atoms with E-state index in [-0.39, 0.29) is 28.3 Å². The number of aromatic hydroxyl groups is 2. The first-order valence-corrected chi connectivity index (χ1v) is 5.98. The standard InChI is InChI=1S/C14H10N2O6/c17-12-5-4-10(13(18)7-12)8-15-22-14(19)9-2-1-3-11(6-9)16(20)21/h1-8,17-18H. The number of carbonyl (C=O) groups excluding carboxylic acids is 1. The topological polar surface area (TPSA) is 122 Å². The number of benzene rings is 2. The molecule has 8 nitrogen and oxygen atoms in total. The van der Waals surface area contributed by atoms with Crippen LogP contribution in [0.3, 0.4) is 0 Å². The first-order chi connectivity index (χ1) is 10.5. The van der Waals surface area contributed by atoms with E-state index in [4.69, 9.17) is 5.11 Å². The molecule has 0 bridgehead atoms. The molecule has 2 N–H and O–H groups in total. The van der Waals surface area contributed by atoms with Crippen molar-refractivity contribution in [1.29, 1.82) is 0 Å². The van der Waals surface area contributed by atoms with Gasteiger partial charge in [-0.3, -0.25) is 10.1 Å². The van der Waals surface area contributed by atoms with E-state index in [1.54, 1.807) is 0 Å². The van der Waals surface area contributed by atoms with E-state index in [1.807, 2.05) is 0 Å². The number of non-ortho nitro benzene ring substituents is 1. The average molecular weight is 302 g/mol. The minimum atomic E-state index is -0.877. The summed E-state index contributed by atoms with van der Waals surface area (Å²) < 4.78 is 0. The third-order valence-corrected chi connectivity index (χ3v) is 2.63. The first kappa shape index (κ1) is 15.0. The maximum Gasteiger partial charge on any atom is 0.365 e. The van der Waals surface area contributed by atoms with Gasteiger partial charge in [-0.1, -0.05) is 11.2 Å². The zero-order valence-corrected chi connectivity index (χ0v) is 11.0. The van der Waals surface area contributed by atoms with Crippen molar-refractivity contribution in [3.8, 4) is 11.5 Å². The summed E-state index contributed by atoms with van der Waals surface area (Å²) in [5, 5.41) is 32.6. The number of hydrogen-bond acceptors (Lipinski definition) is 7. The number of nitro groups is 1. The molecule has 0 unspecified atom stereocenters. The summed E-state index contributed by atoms with van der Waals surface area (Å²) >= 11 is 0. The van der Waals surface area contributed by atoms with Crippen molar-refractivity contribution >= 4 is 17.9 Å². The Hall–Kier alpha value is -3.42. The summed E-state index contributed by atoms with van der Waals surface area (Å²) in [5.41, 5.74) is -0.0412. The number of phenols is 2. The molecular formula is C14H10N2O6. The smallest absolute Gasteiger partial charge is 0.365 e. The molecular weight excluding hydrogens is 292 g/mol. The largest absolute Gasteiger partial charge is 0.508 e. The molecule has 0 aliphatic heterocycles. The van der Waals surface area contributed by atoms with Gasteiger partial charge in [0, 0.05) is 23.8 Å². The Morgan fingerprint density at radius 1 is 1.23 bits per heavy atom. The molecule has 0 aromatic heterocycles. The minimum absolute atomic E-state index is 0.0266. The van der Waals surface area contributed by atoms with Crippen LogP contribution < -0.4 is 0 Å². The maximum atomic E-state index is 11.7. The van der Waals surface area contributed by atoms with Crippen molar-refractivity contribution in [1.82, 2.24) is 0 Å². The van der Waals surface area contributed by atoms with Gasteiger partial charge in [0.2, 0.25) is 0 Å². The summed E-state index contributed by atoms with van der Waals surface area (Å²) in [7, 11) is 0. The van der Waals surface area contributed by atoms with Crippen LogP contribution in [0.2, 0.25) is 0 Å². The molecule has 0 aliphatic carbocycles. The lowest BCUT2D eigenvalue weighted by Crippen LogP contribution is -2.02. The van der Waals surface area contributed by atoms with Crippen molar-refractivity contribution < 1.29 is 24.8 Å². The van der Waals surface area contributed by atoms with Gasteiger partial charge in [-0.15, -0.1) is 0 Å². The summed E-state index contributed by atoms with van der Waals surface area (Å²) in [6, 6.07) is 8.81. The molecule has 0 radical (unpaired) electrons. The Balaban J connectivity index is 2.08. The van der Waals surface area contributed by atoms with Gasteiger partial charge in [0.15, 0.2) is 0 Å². The summed E-state index contributed by atoms with van der Waals surface area (Å²) in [6.45, 7) is 0. The zero-order chi connectivity index (χ0) is 16.1. The van der Waals surface area contributed by atoms with Gasteiger partial charge in [0.1, 0.15) is 11.5 Å². The van der Waals surface area contributed by atoms with E-state index < -0.39 is 10.9 Å².